The zero-order valence-corrected chi connectivity index (χ0v) is 16.9. The third kappa shape index (κ3) is 4.24. The quantitative estimate of drug-likeness (QED) is 0.727. The summed E-state index contributed by atoms with van der Waals surface area (Å²) < 4.78 is 0. The Kier molecular flexibility index (Phi) is 5.47. The fourth-order valence-corrected chi connectivity index (χ4v) is 3.76. The Morgan fingerprint density at radius 1 is 0.862 bits per heavy atom. The van der Waals surface area contributed by atoms with E-state index in [1.165, 1.54) is 5.69 Å². The van der Waals surface area contributed by atoms with Gasteiger partial charge in [0.1, 0.15) is 5.82 Å². The molecule has 1 saturated heterocycles. The van der Waals surface area contributed by atoms with Gasteiger partial charge in [0.25, 0.3) is 5.91 Å². The van der Waals surface area contributed by atoms with Gasteiger partial charge in [0, 0.05) is 49.3 Å². The number of nitrogens with one attached hydrogen (secondary N) is 1. The number of benzene rings is 2. The monoisotopic (exact) mass is 386 g/mol. The molecule has 1 aliphatic heterocycles. The number of carbonyl (C=O) groups is 1. The molecule has 5 heteroatoms. The Labute approximate surface area is 172 Å². The molecule has 5 nitrogen and oxygen atoms in total. The van der Waals surface area contributed by atoms with Gasteiger partial charge < -0.3 is 15.1 Å². The first kappa shape index (κ1) is 19.0. The molecule has 0 saturated carbocycles. The lowest BCUT2D eigenvalue weighted by molar-refractivity contribution is 0.102. The maximum atomic E-state index is 12.8. The van der Waals surface area contributed by atoms with E-state index in [0.717, 1.165) is 48.8 Å². The number of hydrogen-bond acceptors (Lipinski definition) is 4. The van der Waals surface area contributed by atoms with Gasteiger partial charge in [-0.05, 0) is 49.2 Å². The van der Waals surface area contributed by atoms with Gasteiger partial charge >= 0.3 is 0 Å². The van der Waals surface area contributed by atoms with Crippen LogP contribution in [0.1, 0.15) is 21.5 Å². The molecular weight excluding hydrogens is 360 g/mol. The number of hydrogen-bond donors (Lipinski definition) is 1. The average Bonchev–Trinajstić information content (AvgIpc) is 2.77. The van der Waals surface area contributed by atoms with Crippen LogP contribution in [-0.4, -0.2) is 37.1 Å². The minimum Gasteiger partial charge on any atom is -0.368 e. The van der Waals surface area contributed by atoms with Crippen molar-refractivity contribution >= 4 is 23.1 Å². The first-order valence-corrected chi connectivity index (χ1v) is 10.0. The van der Waals surface area contributed by atoms with Crippen molar-refractivity contribution in [2.45, 2.75) is 13.8 Å². The number of amides is 1. The van der Waals surface area contributed by atoms with Crippen LogP contribution in [0.25, 0.3) is 0 Å². The van der Waals surface area contributed by atoms with Gasteiger partial charge in [0.05, 0.1) is 0 Å². The summed E-state index contributed by atoms with van der Waals surface area (Å²) in [7, 11) is 0. The minimum absolute atomic E-state index is 0.103. The van der Waals surface area contributed by atoms with Crippen LogP contribution in [0.15, 0.2) is 66.9 Å². The van der Waals surface area contributed by atoms with Crippen molar-refractivity contribution < 1.29 is 4.79 Å². The predicted molar refractivity (Wildman–Crippen MR) is 119 cm³/mol. The van der Waals surface area contributed by atoms with Crippen molar-refractivity contribution in [2.75, 3.05) is 41.3 Å². The molecule has 1 N–H and O–H groups in total. The van der Waals surface area contributed by atoms with Gasteiger partial charge in [-0.3, -0.25) is 4.79 Å². The SMILES string of the molecule is Cc1cccc(C)c1NC(=O)c1ccnc(N2CCN(c3ccccc3)CC2)c1. The third-order valence-electron chi connectivity index (χ3n) is 5.45. The topological polar surface area (TPSA) is 48.5 Å². The molecule has 1 aromatic heterocycles. The van der Waals surface area contributed by atoms with E-state index in [2.05, 4.69) is 44.4 Å². The lowest BCUT2D eigenvalue weighted by atomic mass is 10.1. The number of anilines is 3. The lowest BCUT2D eigenvalue weighted by Gasteiger charge is -2.36. The summed E-state index contributed by atoms with van der Waals surface area (Å²) >= 11 is 0. The van der Waals surface area contributed by atoms with Crippen molar-refractivity contribution in [3.05, 3.63) is 83.6 Å². The Balaban J connectivity index is 1.44. The molecule has 4 rings (SSSR count). The van der Waals surface area contributed by atoms with E-state index >= 15 is 0 Å². The lowest BCUT2D eigenvalue weighted by Crippen LogP contribution is -2.46. The number of aromatic nitrogens is 1. The molecule has 3 aromatic rings. The summed E-state index contributed by atoms with van der Waals surface area (Å²) in [5.41, 5.74) is 4.88. The number of aryl methyl sites for hydroxylation is 2. The molecule has 29 heavy (non-hydrogen) atoms. The van der Waals surface area contributed by atoms with E-state index in [1.54, 1.807) is 12.3 Å². The summed E-state index contributed by atoms with van der Waals surface area (Å²) in [6, 6.07) is 20.1. The summed E-state index contributed by atoms with van der Waals surface area (Å²) in [5, 5.41) is 3.06. The van der Waals surface area contributed by atoms with E-state index in [9.17, 15) is 4.79 Å². The molecule has 0 spiro atoms. The van der Waals surface area contributed by atoms with Crippen LogP contribution in [-0.2, 0) is 0 Å². The van der Waals surface area contributed by atoms with Crippen molar-refractivity contribution in [1.82, 2.24) is 4.98 Å². The molecule has 2 aromatic carbocycles. The zero-order chi connectivity index (χ0) is 20.2. The van der Waals surface area contributed by atoms with Crippen molar-refractivity contribution in [2.24, 2.45) is 0 Å². The van der Waals surface area contributed by atoms with Gasteiger partial charge in [-0.2, -0.15) is 0 Å². The highest BCUT2D eigenvalue weighted by atomic mass is 16.1. The number of piperazine rings is 1. The molecular formula is C24H26N4O. The van der Waals surface area contributed by atoms with Crippen LogP contribution in [0.2, 0.25) is 0 Å². The largest absolute Gasteiger partial charge is 0.368 e. The highest BCUT2D eigenvalue weighted by molar-refractivity contribution is 6.05. The third-order valence-corrected chi connectivity index (χ3v) is 5.45. The van der Waals surface area contributed by atoms with Gasteiger partial charge in [0.15, 0.2) is 0 Å². The van der Waals surface area contributed by atoms with Crippen molar-refractivity contribution in [1.29, 1.82) is 0 Å². The Bertz CT molecular complexity index is 975. The van der Waals surface area contributed by atoms with E-state index in [4.69, 9.17) is 0 Å². The van der Waals surface area contributed by atoms with Crippen molar-refractivity contribution in [3.63, 3.8) is 0 Å². The maximum Gasteiger partial charge on any atom is 0.255 e. The van der Waals surface area contributed by atoms with E-state index in [0.29, 0.717) is 5.56 Å². The zero-order valence-electron chi connectivity index (χ0n) is 16.9. The Hall–Kier alpha value is -3.34. The summed E-state index contributed by atoms with van der Waals surface area (Å²) in [4.78, 5) is 22.0. The molecule has 0 aliphatic carbocycles. The van der Waals surface area contributed by atoms with Gasteiger partial charge in [0.2, 0.25) is 0 Å². The molecule has 0 unspecified atom stereocenters. The smallest absolute Gasteiger partial charge is 0.255 e. The van der Waals surface area contributed by atoms with Gasteiger partial charge in [-0.15, -0.1) is 0 Å². The van der Waals surface area contributed by atoms with Crippen molar-refractivity contribution in [3.8, 4) is 0 Å². The standard InChI is InChI=1S/C24H26N4O/c1-18-7-6-8-19(2)23(18)26-24(29)20-11-12-25-22(17-20)28-15-13-27(14-16-28)21-9-4-3-5-10-21/h3-12,17H,13-16H2,1-2H3,(H,26,29). The number of rotatable bonds is 4. The second-order valence-electron chi connectivity index (χ2n) is 7.43. The van der Waals surface area contributed by atoms with E-state index in [-0.39, 0.29) is 5.91 Å². The molecule has 0 atom stereocenters. The average molecular weight is 386 g/mol. The summed E-state index contributed by atoms with van der Waals surface area (Å²) in [6.45, 7) is 7.64. The van der Waals surface area contributed by atoms with Gasteiger partial charge in [-0.25, -0.2) is 4.98 Å². The second kappa shape index (κ2) is 8.35. The second-order valence-corrected chi connectivity index (χ2v) is 7.43. The molecule has 148 valence electrons. The normalized spacial score (nSPS) is 14.0. The molecule has 1 amide bonds. The van der Waals surface area contributed by atoms with Crippen LogP contribution in [0, 0.1) is 13.8 Å². The number of nitrogens with zero attached hydrogens (tertiary/aromatic N) is 3. The Morgan fingerprint density at radius 3 is 2.21 bits per heavy atom. The molecule has 0 radical (unpaired) electrons. The Morgan fingerprint density at radius 2 is 1.52 bits per heavy atom. The summed E-state index contributed by atoms with van der Waals surface area (Å²) in [6.07, 6.45) is 1.72. The molecule has 2 heterocycles. The van der Waals surface area contributed by atoms with Gasteiger partial charge in [-0.1, -0.05) is 36.4 Å². The summed E-state index contributed by atoms with van der Waals surface area (Å²) in [5.74, 6) is 0.751. The number of pyridine rings is 1. The van der Waals surface area contributed by atoms with E-state index in [1.807, 2.05) is 44.2 Å². The number of para-hydroxylation sites is 2. The first-order valence-electron chi connectivity index (χ1n) is 10.0. The van der Waals surface area contributed by atoms with Crippen LogP contribution >= 0.6 is 0 Å². The highest BCUT2D eigenvalue weighted by Crippen LogP contribution is 2.22. The predicted octanol–water partition coefficient (Wildman–Crippen LogP) is 4.28. The fraction of sp³-hybridized carbons (Fsp3) is 0.250. The van der Waals surface area contributed by atoms with Crippen LogP contribution < -0.4 is 15.1 Å². The minimum atomic E-state index is -0.103. The highest BCUT2D eigenvalue weighted by Gasteiger charge is 2.19. The molecule has 0 bridgehead atoms. The van der Waals surface area contributed by atoms with E-state index < -0.39 is 0 Å². The van der Waals surface area contributed by atoms with Crippen LogP contribution in [0.5, 0.6) is 0 Å². The molecule has 1 fully saturated rings. The maximum absolute atomic E-state index is 12.8. The number of carbonyl (C=O) groups excluding carboxylic acids is 1. The molecule has 1 aliphatic rings. The van der Waals surface area contributed by atoms with Crippen LogP contribution in [0.4, 0.5) is 17.2 Å². The fourth-order valence-electron chi connectivity index (χ4n) is 3.76. The van der Waals surface area contributed by atoms with Crippen LogP contribution in [0.3, 0.4) is 0 Å². The first-order chi connectivity index (χ1) is 14.1.